The molecular formula is C19H29N3S. The molecule has 1 aromatic carbocycles. The predicted molar refractivity (Wildman–Crippen MR) is 98.7 cm³/mol. The summed E-state index contributed by atoms with van der Waals surface area (Å²) in [6.07, 6.45) is 2.74. The van der Waals surface area contributed by atoms with E-state index in [1.165, 1.54) is 17.5 Å². The van der Waals surface area contributed by atoms with Crippen molar-refractivity contribution in [2.24, 2.45) is 10.8 Å². The summed E-state index contributed by atoms with van der Waals surface area (Å²) in [5.41, 5.74) is 3.36. The molecule has 0 saturated carbocycles. The SMILES string of the molecule is CC(C)(C)CC(c1ccc(CSc2ncn[nH]2)cc1)C(C)(C)C. The highest BCUT2D eigenvalue weighted by Gasteiger charge is 2.30. The number of hydrogen-bond acceptors (Lipinski definition) is 3. The van der Waals surface area contributed by atoms with E-state index in [2.05, 4.69) is 81.0 Å². The van der Waals surface area contributed by atoms with E-state index in [1.54, 1.807) is 18.1 Å². The summed E-state index contributed by atoms with van der Waals surface area (Å²) in [6, 6.07) is 9.11. The number of hydrogen-bond donors (Lipinski definition) is 1. The minimum absolute atomic E-state index is 0.267. The number of rotatable bonds is 5. The van der Waals surface area contributed by atoms with Crippen LogP contribution in [0, 0.1) is 10.8 Å². The van der Waals surface area contributed by atoms with Gasteiger partial charge in [-0.2, -0.15) is 5.10 Å². The third-order valence-corrected chi connectivity index (χ3v) is 4.96. The number of nitrogens with zero attached hydrogens (tertiary/aromatic N) is 2. The molecule has 1 aromatic heterocycles. The predicted octanol–water partition coefficient (Wildman–Crippen LogP) is 5.66. The van der Waals surface area contributed by atoms with Crippen LogP contribution < -0.4 is 0 Å². The molecule has 23 heavy (non-hydrogen) atoms. The van der Waals surface area contributed by atoms with Crippen LogP contribution >= 0.6 is 11.8 Å². The zero-order valence-electron chi connectivity index (χ0n) is 15.2. The van der Waals surface area contributed by atoms with Crippen molar-refractivity contribution in [2.45, 2.75) is 64.8 Å². The van der Waals surface area contributed by atoms with Crippen molar-refractivity contribution >= 4 is 11.8 Å². The summed E-state index contributed by atoms with van der Waals surface area (Å²) in [5, 5.41) is 7.63. The van der Waals surface area contributed by atoms with Gasteiger partial charge in [0.2, 0.25) is 0 Å². The monoisotopic (exact) mass is 331 g/mol. The number of thioether (sulfide) groups is 1. The van der Waals surface area contributed by atoms with E-state index >= 15 is 0 Å². The van der Waals surface area contributed by atoms with Gasteiger partial charge in [0.15, 0.2) is 5.16 Å². The van der Waals surface area contributed by atoms with E-state index in [9.17, 15) is 0 Å². The fraction of sp³-hybridized carbons (Fsp3) is 0.579. The summed E-state index contributed by atoms with van der Waals surface area (Å²) in [7, 11) is 0. The minimum Gasteiger partial charge on any atom is -0.254 e. The van der Waals surface area contributed by atoms with Crippen LogP contribution in [0.2, 0.25) is 0 Å². The molecule has 2 rings (SSSR count). The van der Waals surface area contributed by atoms with E-state index in [1.807, 2.05) is 0 Å². The molecule has 0 amide bonds. The second-order valence-corrected chi connectivity index (χ2v) is 9.47. The largest absolute Gasteiger partial charge is 0.254 e. The van der Waals surface area contributed by atoms with Crippen molar-refractivity contribution in [3.05, 3.63) is 41.7 Å². The molecule has 1 atom stereocenters. The Hall–Kier alpha value is -1.29. The Kier molecular flexibility index (Phi) is 5.56. The van der Waals surface area contributed by atoms with Gasteiger partial charge in [0.05, 0.1) is 0 Å². The molecule has 0 aliphatic rings. The third kappa shape index (κ3) is 5.69. The number of aromatic nitrogens is 3. The average Bonchev–Trinajstić information content (AvgIpc) is 2.94. The smallest absolute Gasteiger partial charge is 0.183 e. The highest BCUT2D eigenvalue weighted by atomic mass is 32.2. The summed E-state index contributed by atoms with van der Waals surface area (Å²) in [4.78, 5) is 4.15. The molecule has 2 aromatic rings. The Morgan fingerprint density at radius 1 is 1.04 bits per heavy atom. The Morgan fingerprint density at radius 3 is 2.17 bits per heavy atom. The second-order valence-electron chi connectivity index (χ2n) is 8.50. The maximum absolute atomic E-state index is 4.15. The molecular weight excluding hydrogens is 302 g/mol. The van der Waals surface area contributed by atoms with Crippen molar-refractivity contribution in [1.29, 1.82) is 0 Å². The third-order valence-electron chi connectivity index (χ3n) is 4.01. The molecule has 0 bridgehead atoms. The molecule has 1 unspecified atom stereocenters. The zero-order valence-corrected chi connectivity index (χ0v) is 16.0. The van der Waals surface area contributed by atoms with Gasteiger partial charge in [-0.1, -0.05) is 77.6 Å². The summed E-state index contributed by atoms with van der Waals surface area (Å²) in [5.74, 6) is 1.48. The quantitative estimate of drug-likeness (QED) is 0.718. The second kappa shape index (κ2) is 7.08. The molecule has 126 valence electrons. The molecule has 0 saturated heterocycles. The lowest BCUT2D eigenvalue weighted by molar-refractivity contribution is 0.229. The molecule has 0 aliphatic heterocycles. The van der Waals surface area contributed by atoms with Crippen molar-refractivity contribution in [1.82, 2.24) is 15.2 Å². The van der Waals surface area contributed by atoms with Crippen LogP contribution in [0.1, 0.15) is 65.0 Å². The number of aromatic amines is 1. The van der Waals surface area contributed by atoms with Crippen LogP contribution in [0.3, 0.4) is 0 Å². The van der Waals surface area contributed by atoms with Gasteiger partial charge in [-0.25, -0.2) is 4.98 Å². The summed E-state index contributed by atoms with van der Waals surface area (Å²) >= 11 is 1.68. The Morgan fingerprint density at radius 2 is 1.70 bits per heavy atom. The topological polar surface area (TPSA) is 41.6 Å². The van der Waals surface area contributed by atoms with Gasteiger partial charge in [0.25, 0.3) is 0 Å². The standard InChI is InChI=1S/C19H29N3S/c1-18(2,3)11-16(19(4,5)6)15-9-7-14(8-10-15)12-23-17-20-13-21-22-17/h7-10,13,16H,11-12H2,1-6H3,(H,20,21,22). The van der Waals surface area contributed by atoms with Gasteiger partial charge in [0, 0.05) is 5.75 Å². The number of H-pyrrole nitrogens is 1. The number of nitrogens with one attached hydrogen (secondary N) is 1. The van der Waals surface area contributed by atoms with Crippen molar-refractivity contribution in [3.63, 3.8) is 0 Å². The summed E-state index contributed by atoms with van der Waals surface area (Å²) in [6.45, 7) is 14.0. The van der Waals surface area contributed by atoms with E-state index in [-0.39, 0.29) is 5.41 Å². The van der Waals surface area contributed by atoms with E-state index in [0.29, 0.717) is 11.3 Å². The fourth-order valence-corrected chi connectivity index (χ4v) is 3.53. The van der Waals surface area contributed by atoms with Gasteiger partial charge in [-0.15, -0.1) is 0 Å². The Balaban J connectivity index is 2.09. The van der Waals surface area contributed by atoms with Crippen LogP contribution in [-0.4, -0.2) is 15.2 Å². The first-order valence-corrected chi connectivity index (χ1v) is 9.21. The normalized spacial score (nSPS) is 14.0. The first-order chi connectivity index (χ1) is 10.6. The van der Waals surface area contributed by atoms with Crippen LogP contribution in [-0.2, 0) is 5.75 Å². The average molecular weight is 332 g/mol. The Labute approximate surface area is 144 Å². The van der Waals surface area contributed by atoms with E-state index in [0.717, 1.165) is 10.9 Å². The van der Waals surface area contributed by atoms with Gasteiger partial charge in [0.1, 0.15) is 6.33 Å². The molecule has 1 N–H and O–H groups in total. The van der Waals surface area contributed by atoms with Gasteiger partial charge < -0.3 is 0 Å². The van der Waals surface area contributed by atoms with Crippen molar-refractivity contribution in [2.75, 3.05) is 0 Å². The highest BCUT2D eigenvalue weighted by molar-refractivity contribution is 7.98. The van der Waals surface area contributed by atoms with Crippen LogP contribution in [0.15, 0.2) is 35.7 Å². The van der Waals surface area contributed by atoms with E-state index < -0.39 is 0 Å². The van der Waals surface area contributed by atoms with Crippen molar-refractivity contribution < 1.29 is 0 Å². The lowest BCUT2D eigenvalue weighted by Crippen LogP contribution is -2.23. The van der Waals surface area contributed by atoms with Crippen LogP contribution in [0.4, 0.5) is 0 Å². The zero-order chi connectivity index (χ0) is 17.1. The highest BCUT2D eigenvalue weighted by Crippen LogP contribution is 2.43. The molecule has 4 heteroatoms. The minimum atomic E-state index is 0.267. The fourth-order valence-electron chi connectivity index (χ4n) is 2.80. The summed E-state index contributed by atoms with van der Waals surface area (Å²) < 4.78 is 0. The molecule has 0 aliphatic carbocycles. The first-order valence-electron chi connectivity index (χ1n) is 8.22. The lowest BCUT2D eigenvalue weighted by atomic mass is 9.69. The molecule has 0 spiro atoms. The van der Waals surface area contributed by atoms with Crippen LogP contribution in [0.5, 0.6) is 0 Å². The van der Waals surface area contributed by atoms with E-state index in [4.69, 9.17) is 0 Å². The van der Waals surface area contributed by atoms with Gasteiger partial charge >= 0.3 is 0 Å². The molecule has 3 nitrogen and oxygen atoms in total. The molecule has 0 fully saturated rings. The molecule has 1 heterocycles. The molecule has 0 radical (unpaired) electrons. The first kappa shape index (κ1) is 18.1. The maximum atomic E-state index is 4.15. The van der Waals surface area contributed by atoms with Gasteiger partial charge in [-0.3, -0.25) is 5.10 Å². The van der Waals surface area contributed by atoms with Crippen molar-refractivity contribution in [3.8, 4) is 0 Å². The number of benzene rings is 1. The van der Waals surface area contributed by atoms with Crippen LogP contribution in [0.25, 0.3) is 0 Å². The lowest BCUT2D eigenvalue weighted by Gasteiger charge is -2.36. The Bertz CT molecular complexity index is 589. The maximum Gasteiger partial charge on any atom is 0.183 e. The van der Waals surface area contributed by atoms with Gasteiger partial charge in [-0.05, 0) is 34.3 Å².